The molecule has 0 aliphatic heterocycles. The van der Waals surface area contributed by atoms with E-state index in [1.54, 1.807) is 20.9 Å². The lowest BCUT2D eigenvalue weighted by Crippen LogP contribution is -2.49. The summed E-state index contributed by atoms with van der Waals surface area (Å²) < 4.78 is 27.6. The number of hydrogen-bond acceptors (Lipinski definition) is 3. The van der Waals surface area contributed by atoms with Gasteiger partial charge in [0.25, 0.3) is 10.2 Å². The Hall–Kier alpha value is -0.170. The molecule has 0 heterocycles. The van der Waals surface area contributed by atoms with Gasteiger partial charge in [0.05, 0.1) is 0 Å². The molecular formula is C9H21N3O2S. The van der Waals surface area contributed by atoms with Gasteiger partial charge in [0.2, 0.25) is 0 Å². The first-order valence-electron chi connectivity index (χ1n) is 5.34. The van der Waals surface area contributed by atoms with E-state index in [9.17, 15) is 8.42 Å². The number of hydrogen-bond donors (Lipinski definition) is 2. The van der Waals surface area contributed by atoms with Gasteiger partial charge < -0.3 is 5.73 Å². The predicted molar refractivity (Wildman–Crippen MR) is 60.5 cm³/mol. The molecule has 1 fully saturated rings. The molecule has 1 aliphatic carbocycles. The van der Waals surface area contributed by atoms with Crippen LogP contribution in [0.15, 0.2) is 0 Å². The van der Waals surface area contributed by atoms with Crippen LogP contribution in [0.25, 0.3) is 0 Å². The maximum absolute atomic E-state index is 11.8. The molecular weight excluding hydrogens is 214 g/mol. The summed E-state index contributed by atoms with van der Waals surface area (Å²) in [7, 11) is -1.77. The van der Waals surface area contributed by atoms with Gasteiger partial charge in [-0.3, -0.25) is 0 Å². The van der Waals surface area contributed by atoms with E-state index in [-0.39, 0.29) is 12.1 Å². The summed E-state index contributed by atoms with van der Waals surface area (Å²) in [6.45, 7) is 4.00. The van der Waals surface area contributed by atoms with Crippen LogP contribution in [0.2, 0.25) is 0 Å². The maximum Gasteiger partial charge on any atom is 0.279 e. The van der Waals surface area contributed by atoms with Crippen molar-refractivity contribution in [3.05, 3.63) is 0 Å². The zero-order valence-electron chi connectivity index (χ0n) is 9.60. The Morgan fingerprint density at radius 3 is 2.33 bits per heavy atom. The summed E-state index contributed by atoms with van der Waals surface area (Å²) in [4.78, 5) is 0. The van der Waals surface area contributed by atoms with Gasteiger partial charge in [0, 0.05) is 25.7 Å². The summed E-state index contributed by atoms with van der Waals surface area (Å²) in [6, 6.07) is -0.142. The molecule has 5 nitrogen and oxygen atoms in total. The lowest BCUT2D eigenvalue weighted by molar-refractivity contribution is 0.334. The van der Waals surface area contributed by atoms with Crippen molar-refractivity contribution < 1.29 is 8.42 Å². The van der Waals surface area contributed by atoms with Crippen LogP contribution >= 0.6 is 0 Å². The first kappa shape index (κ1) is 12.9. The van der Waals surface area contributed by atoms with Crippen LogP contribution in [0.5, 0.6) is 0 Å². The Bertz CT molecular complexity index is 298. The molecule has 6 heteroatoms. The van der Waals surface area contributed by atoms with Crippen molar-refractivity contribution in [1.29, 1.82) is 0 Å². The molecule has 90 valence electrons. The summed E-state index contributed by atoms with van der Waals surface area (Å²) in [5, 5.41) is 0. The Kier molecular flexibility index (Phi) is 4.11. The molecule has 1 unspecified atom stereocenters. The van der Waals surface area contributed by atoms with Crippen LogP contribution in [0.3, 0.4) is 0 Å². The third kappa shape index (κ3) is 3.41. The third-order valence-corrected chi connectivity index (χ3v) is 4.44. The van der Waals surface area contributed by atoms with Crippen LogP contribution in [0.4, 0.5) is 0 Å². The van der Waals surface area contributed by atoms with E-state index in [4.69, 9.17) is 5.73 Å². The van der Waals surface area contributed by atoms with Gasteiger partial charge in [-0.05, 0) is 32.6 Å². The van der Waals surface area contributed by atoms with Gasteiger partial charge in [-0.2, -0.15) is 17.4 Å². The van der Waals surface area contributed by atoms with Crippen molar-refractivity contribution in [2.24, 2.45) is 11.7 Å². The summed E-state index contributed by atoms with van der Waals surface area (Å²) in [6.07, 6.45) is 2.17. The standard InChI is InChI=1S/C9H21N3O2S/c1-7(2)11-15(13,14)12(3)9(6-10)8-4-5-8/h7-9,11H,4-6,10H2,1-3H3. The van der Waals surface area contributed by atoms with E-state index in [0.29, 0.717) is 12.5 Å². The summed E-state index contributed by atoms with van der Waals surface area (Å²) in [5.41, 5.74) is 5.61. The number of nitrogens with zero attached hydrogens (tertiary/aromatic N) is 1. The fourth-order valence-corrected chi connectivity index (χ4v) is 3.05. The van der Waals surface area contributed by atoms with Gasteiger partial charge in [-0.15, -0.1) is 0 Å². The highest BCUT2D eigenvalue weighted by Gasteiger charge is 2.37. The Balaban J connectivity index is 2.67. The second-order valence-electron chi connectivity index (χ2n) is 4.43. The van der Waals surface area contributed by atoms with Crippen LogP contribution in [0.1, 0.15) is 26.7 Å². The molecule has 0 saturated heterocycles. The van der Waals surface area contributed by atoms with E-state index in [0.717, 1.165) is 12.8 Å². The highest BCUT2D eigenvalue weighted by Crippen LogP contribution is 2.35. The SMILES string of the molecule is CC(C)NS(=O)(=O)N(C)C(CN)C1CC1. The topological polar surface area (TPSA) is 75.4 Å². The minimum Gasteiger partial charge on any atom is -0.329 e. The van der Waals surface area contributed by atoms with Crippen molar-refractivity contribution >= 4 is 10.2 Å². The second kappa shape index (κ2) is 4.78. The maximum atomic E-state index is 11.8. The lowest BCUT2D eigenvalue weighted by atomic mass is 10.2. The molecule has 0 radical (unpaired) electrons. The number of rotatable bonds is 6. The third-order valence-electron chi connectivity index (χ3n) is 2.64. The molecule has 0 amide bonds. The fourth-order valence-electron chi connectivity index (χ4n) is 1.68. The minimum absolute atomic E-state index is 0.0544. The largest absolute Gasteiger partial charge is 0.329 e. The van der Waals surface area contributed by atoms with E-state index in [2.05, 4.69) is 4.72 Å². The number of nitrogens with one attached hydrogen (secondary N) is 1. The molecule has 0 aromatic heterocycles. The molecule has 1 saturated carbocycles. The van der Waals surface area contributed by atoms with Crippen molar-refractivity contribution in [3.8, 4) is 0 Å². The van der Waals surface area contributed by atoms with E-state index >= 15 is 0 Å². The van der Waals surface area contributed by atoms with Gasteiger partial charge in [-0.25, -0.2) is 0 Å². The van der Waals surface area contributed by atoms with Crippen molar-refractivity contribution in [1.82, 2.24) is 9.03 Å². The van der Waals surface area contributed by atoms with Gasteiger partial charge in [0.15, 0.2) is 0 Å². The Morgan fingerprint density at radius 1 is 1.47 bits per heavy atom. The molecule has 0 bridgehead atoms. The van der Waals surface area contributed by atoms with Crippen molar-refractivity contribution in [2.75, 3.05) is 13.6 Å². The normalized spacial score (nSPS) is 19.9. The van der Waals surface area contributed by atoms with Crippen LogP contribution in [0, 0.1) is 5.92 Å². The smallest absolute Gasteiger partial charge is 0.279 e. The second-order valence-corrected chi connectivity index (χ2v) is 6.20. The van der Waals surface area contributed by atoms with Gasteiger partial charge >= 0.3 is 0 Å². The summed E-state index contributed by atoms with van der Waals surface area (Å²) in [5.74, 6) is 0.448. The molecule has 3 N–H and O–H groups in total. The molecule has 1 aliphatic rings. The fraction of sp³-hybridized carbons (Fsp3) is 1.00. The zero-order valence-corrected chi connectivity index (χ0v) is 10.4. The zero-order chi connectivity index (χ0) is 11.6. The lowest BCUT2D eigenvalue weighted by Gasteiger charge is -2.27. The van der Waals surface area contributed by atoms with Crippen molar-refractivity contribution in [2.45, 2.75) is 38.8 Å². The minimum atomic E-state index is -3.37. The highest BCUT2D eigenvalue weighted by atomic mass is 32.2. The summed E-state index contributed by atoms with van der Waals surface area (Å²) >= 11 is 0. The molecule has 0 spiro atoms. The first-order chi connectivity index (χ1) is 6.88. The Morgan fingerprint density at radius 2 is 2.00 bits per heavy atom. The quantitative estimate of drug-likeness (QED) is 0.675. The number of nitrogens with two attached hydrogens (primary N) is 1. The average molecular weight is 235 g/mol. The predicted octanol–water partition coefficient (Wildman–Crippen LogP) is -0.102. The molecule has 1 atom stereocenters. The Labute approximate surface area is 92.2 Å². The highest BCUT2D eigenvalue weighted by molar-refractivity contribution is 7.87. The molecule has 1 rings (SSSR count). The van der Waals surface area contributed by atoms with Crippen LogP contribution < -0.4 is 10.5 Å². The van der Waals surface area contributed by atoms with Gasteiger partial charge in [0.1, 0.15) is 0 Å². The van der Waals surface area contributed by atoms with E-state index in [1.165, 1.54) is 4.31 Å². The molecule has 15 heavy (non-hydrogen) atoms. The van der Waals surface area contributed by atoms with Gasteiger partial charge in [-0.1, -0.05) is 0 Å². The molecule has 0 aromatic rings. The first-order valence-corrected chi connectivity index (χ1v) is 6.78. The molecule has 0 aromatic carbocycles. The van der Waals surface area contributed by atoms with E-state index in [1.807, 2.05) is 0 Å². The van der Waals surface area contributed by atoms with Crippen molar-refractivity contribution in [3.63, 3.8) is 0 Å². The monoisotopic (exact) mass is 235 g/mol. The van der Waals surface area contributed by atoms with Crippen LogP contribution in [-0.2, 0) is 10.2 Å². The van der Waals surface area contributed by atoms with Crippen LogP contribution in [-0.4, -0.2) is 38.4 Å². The number of likely N-dealkylation sites (N-methyl/N-ethyl adjacent to an activating group) is 1. The van der Waals surface area contributed by atoms with E-state index < -0.39 is 10.2 Å². The average Bonchev–Trinajstić information content (AvgIpc) is 2.87.